The molecule has 112 valence electrons. The van der Waals surface area contributed by atoms with Crippen molar-refractivity contribution in [2.24, 2.45) is 5.41 Å². The van der Waals surface area contributed by atoms with Crippen molar-refractivity contribution in [1.82, 2.24) is 5.32 Å². The van der Waals surface area contributed by atoms with Crippen LogP contribution in [0.3, 0.4) is 0 Å². The Morgan fingerprint density at radius 2 is 1.90 bits per heavy atom. The largest absolute Gasteiger partial charge is 0.457 e. The highest BCUT2D eigenvalue weighted by Gasteiger charge is 2.23. The normalized spacial score (nSPS) is 13.0. The molecule has 1 amide bonds. The van der Waals surface area contributed by atoms with Gasteiger partial charge in [0.05, 0.1) is 17.9 Å². The van der Waals surface area contributed by atoms with Gasteiger partial charge in [-0.1, -0.05) is 51.1 Å². The fourth-order valence-electron chi connectivity index (χ4n) is 2.24. The molecule has 0 saturated carbocycles. The first-order chi connectivity index (χ1) is 9.87. The van der Waals surface area contributed by atoms with Crippen LogP contribution in [0.25, 0.3) is 0 Å². The zero-order valence-corrected chi connectivity index (χ0v) is 14.1. The highest BCUT2D eigenvalue weighted by Crippen LogP contribution is 2.30. The number of carbonyl (C=O) groups is 1. The van der Waals surface area contributed by atoms with E-state index in [1.807, 2.05) is 30.3 Å². The summed E-state index contributed by atoms with van der Waals surface area (Å²) in [6, 6.07) is 11.7. The molecule has 0 bridgehead atoms. The monoisotopic (exact) mass is 349 g/mol. The van der Waals surface area contributed by atoms with Crippen molar-refractivity contribution in [1.29, 1.82) is 0 Å². The smallest absolute Gasteiger partial charge is 0.256 e. The Kier molecular flexibility index (Phi) is 4.88. The molecule has 0 aliphatic heterocycles. The first kappa shape index (κ1) is 15.8. The number of hydrogen-bond acceptors (Lipinski definition) is 2. The van der Waals surface area contributed by atoms with Crippen molar-refractivity contribution < 1.29 is 9.21 Å². The predicted octanol–water partition coefficient (Wildman–Crippen LogP) is 4.95. The van der Waals surface area contributed by atoms with Gasteiger partial charge in [0, 0.05) is 0 Å². The first-order valence-electron chi connectivity index (χ1n) is 6.95. The van der Waals surface area contributed by atoms with Crippen molar-refractivity contribution in [2.75, 3.05) is 0 Å². The van der Waals surface area contributed by atoms with Crippen LogP contribution in [-0.4, -0.2) is 5.91 Å². The minimum absolute atomic E-state index is 0.0273. The van der Waals surface area contributed by atoms with Gasteiger partial charge in [0.1, 0.15) is 0 Å². The molecular formula is C17H20BrNO2. The lowest BCUT2D eigenvalue weighted by Gasteiger charge is -2.27. The summed E-state index contributed by atoms with van der Waals surface area (Å²) in [4.78, 5) is 12.4. The molecule has 4 heteroatoms. The fraction of sp³-hybridized carbons (Fsp3) is 0.353. The molecule has 1 atom stereocenters. The second-order valence-electron chi connectivity index (χ2n) is 6.31. The van der Waals surface area contributed by atoms with Gasteiger partial charge in [0.2, 0.25) is 0 Å². The van der Waals surface area contributed by atoms with Crippen LogP contribution in [0.15, 0.2) is 51.7 Å². The SMILES string of the molecule is CC(C)(C)CC(NC(=O)c1ccoc1Br)c1ccccc1. The third-order valence-corrected chi connectivity index (χ3v) is 3.80. The van der Waals surface area contributed by atoms with Crippen molar-refractivity contribution in [3.05, 3.63) is 58.5 Å². The van der Waals surface area contributed by atoms with Crippen LogP contribution in [-0.2, 0) is 0 Å². The zero-order valence-electron chi connectivity index (χ0n) is 12.5. The molecule has 0 fully saturated rings. The summed E-state index contributed by atoms with van der Waals surface area (Å²) in [5.74, 6) is -0.131. The highest BCUT2D eigenvalue weighted by molar-refractivity contribution is 9.10. The van der Waals surface area contributed by atoms with Crippen LogP contribution in [0.1, 0.15) is 49.2 Å². The topological polar surface area (TPSA) is 42.2 Å². The van der Waals surface area contributed by atoms with Crippen LogP contribution in [0.5, 0.6) is 0 Å². The number of halogens is 1. The van der Waals surface area contributed by atoms with Gasteiger partial charge in [-0.05, 0) is 39.4 Å². The van der Waals surface area contributed by atoms with Gasteiger partial charge in [-0.15, -0.1) is 0 Å². The maximum atomic E-state index is 12.4. The van der Waals surface area contributed by atoms with Crippen LogP contribution < -0.4 is 5.32 Å². The van der Waals surface area contributed by atoms with E-state index in [0.717, 1.165) is 12.0 Å². The number of carbonyl (C=O) groups excluding carboxylic acids is 1. The summed E-state index contributed by atoms with van der Waals surface area (Å²) < 4.78 is 5.59. The standard InChI is InChI=1S/C17H20BrNO2/c1-17(2,3)11-14(12-7-5-4-6-8-12)19-16(20)13-9-10-21-15(13)18/h4-10,14H,11H2,1-3H3,(H,19,20). The zero-order chi connectivity index (χ0) is 15.5. The first-order valence-corrected chi connectivity index (χ1v) is 7.75. The Hall–Kier alpha value is -1.55. The minimum atomic E-state index is -0.131. The summed E-state index contributed by atoms with van der Waals surface area (Å²) in [5, 5.41) is 3.10. The van der Waals surface area contributed by atoms with Crippen LogP contribution in [0, 0.1) is 5.41 Å². The highest BCUT2D eigenvalue weighted by atomic mass is 79.9. The van der Waals surface area contributed by atoms with Gasteiger partial charge in [-0.2, -0.15) is 0 Å². The van der Waals surface area contributed by atoms with E-state index in [1.165, 1.54) is 6.26 Å². The molecule has 1 aromatic carbocycles. The van der Waals surface area contributed by atoms with Gasteiger partial charge < -0.3 is 9.73 Å². The number of furan rings is 1. The Labute approximate surface area is 133 Å². The molecule has 2 aromatic rings. The minimum Gasteiger partial charge on any atom is -0.457 e. The lowest BCUT2D eigenvalue weighted by molar-refractivity contribution is 0.0924. The number of amides is 1. The van der Waals surface area contributed by atoms with Crippen molar-refractivity contribution in [3.63, 3.8) is 0 Å². The molecule has 2 rings (SSSR count). The molecule has 1 heterocycles. The lowest BCUT2D eigenvalue weighted by Crippen LogP contribution is -2.31. The van der Waals surface area contributed by atoms with Crippen molar-refractivity contribution >= 4 is 21.8 Å². The Balaban J connectivity index is 2.21. The van der Waals surface area contributed by atoms with E-state index in [0.29, 0.717) is 10.2 Å². The van der Waals surface area contributed by atoms with Gasteiger partial charge in [0.15, 0.2) is 4.67 Å². The second kappa shape index (κ2) is 6.48. The molecule has 3 nitrogen and oxygen atoms in total. The summed E-state index contributed by atoms with van der Waals surface area (Å²) in [6.45, 7) is 6.51. The maximum Gasteiger partial charge on any atom is 0.256 e. The average Bonchev–Trinajstić information content (AvgIpc) is 2.84. The van der Waals surface area contributed by atoms with E-state index < -0.39 is 0 Å². The molecule has 0 aliphatic carbocycles. The molecule has 1 N–H and O–H groups in total. The van der Waals surface area contributed by atoms with E-state index in [9.17, 15) is 4.79 Å². The van der Waals surface area contributed by atoms with Crippen LogP contribution in [0.2, 0.25) is 0 Å². The summed E-state index contributed by atoms with van der Waals surface area (Å²) in [7, 11) is 0. The van der Waals surface area contributed by atoms with E-state index in [1.54, 1.807) is 6.07 Å². The van der Waals surface area contributed by atoms with Crippen molar-refractivity contribution in [2.45, 2.75) is 33.2 Å². The lowest BCUT2D eigenvalue weighted by atomic mass is 9.85. The van der Waals surface area contributed by atoms with Gasteiger partial charge in [-0.3, -0.25) is 4.79 Å². The van der Waals surface area contributed by atoms with E-state index in [2.05, 4.69) is 42.0 Å². The Morgan fingerprint density at radius 1 is 1.24 bits per heavy atom. The molecular weight excluding hydrogens is 330 g/mol. The van der Waals surface area contributed by atoms with Crippen LogP contribution in [0.4, 0.5) is 0 Å². The maximum absolute atomic E-state index is 12.4. The average molecular weight is 350 g/mol. The van der Waals surface area contributed by atoms with Gasteiger partial charge in [-0.25, -0.2) is 0 Å². The summed E-state index contributed by atoms with van der Waals surface area (Å²) in [5.41, 5.74) is 1.74. The van der Waals surface area contributed by atoms with E-state index >= 15 is 0 Å². The van der Waals surface area contributed by atoms with E-state index in [4.69, 9.17) is 4.42 Å². The number of rotatable bonds is 4. The quantitative estimate of drug-likeness (QED) is 0.848. The molecule has 1 aromatic heterocycles. The van der Waals surface area contributed by atoms with E-state index in [-0.39, 0.29) is 17.4 Å². The van der Waals surface area contributed by atoms with Crippen LogP contribution >= 0.6 is 15.9 Å². The molecule has 0 radical (unpaired) electrons. The Morgan fingerprint density at radius 3 is 2.43 bits per heavy atom. The summed E-state index contributed by atoms with van der Waals surface area (Å²) in [6.07, 6.45) is 2.36. The van der Waals surface area contributed by atoms with Gasteiger partial charge in [0.25, 0.3) is 5.91 Å². The summed E-state index contributed by atoms with van der Waals surface area (Å²) >= 11 is 3.25. The Bertz CT molecular complexity index is 599. The van der Waals surface area contributed by atoms with Crippen molar-refractivity contribution in [3.8, 4) is 0 Å². The van der Waals surface area contributed by atoms with Gasteiger partial charge >= 0.3 is 0 Å². The molecule has 0 spiro atoms. The third kappa shape index (κ3) is 4.46. The fourth-order valence-corrected chi connectivity index (χ4v) is 2.66. The second-order valence-corrected chi connectivity index (χ2v) is 7.03. The molecule has 1 unspecified atom stereocenters. The predicted molar refractivity (Wildman–Crippen MR) is 87.1 cm³/mol. The molecule has 0 aliphatic rings. The number of nitrogens with one attached hydrogen (secondary N) is 1. The number of benzene rings is 1. The molecule has 21 heavy (non-hydrogen) atoms. The number of hydrogen-bond donors (Lipinski definition) is 1. The third-order valence-electron chi connectivity index (χ3n) is 3.19. The molecule has 0 saturated heterocycles.